The van der Waals surface area contributed by atoms with Crippen LogP contribution in [0.25, 0.3) is 0 Å². The minimum Gasteiger partial charge on any atom is -0.0691 e. The number of rotatable bonds is 5. The van der Waals surface area contributed by atoms with E-state index in [0.29, 0.717) is 0 Å². The molecule has 0 aromatic rings. The van der Waals surface area contributed by atoms with Crippen LogP contribution in [0.5, 0.6) is 0 Å². The molecule has 0 saturated heterocycles. The largest absolute Gasteiger partial charge is 0.0742 e. The molecular formula is C10H21B. The smallest absolute Gasteiger partial charge is 0.0691 e. The minimum absolute atomic E-state index is 0.0783. The molecular weight excluding hydrogens is 131 g/mol. The van der Waals surface area contributed by atoms with Crippen molar-refractivity contribution in [1.29, 1.82) is 0 Å². The molecule has 0 aromatic carbocycles. The summed E-state index contributed by atoms with van der Waals surface area (Å²) in [6.07, 6.45) is 4.85. The predicted octanol–water partition coefficient (Wildman–Crippen LogP) is 3.57. The third-order valence-corrected chi connectivity index (χ3v) is 2.34. The van der Waals surface area contributed by atoms with Gasteiger partial charge in [-0.1, -0.05) is 58.7 Å². The summed E-state index contributed by atoms with van der Waals surface area (Å²) in [7, 11) is 6.00. The van der Waals surface area contributed by atoms with Crippen LogP contribution in [0.15, 0.2) is 0 Å². The Hall–Kier alpha value is 0.0649. The number of hydrogen-bond acceptors (Lipinski definition) is 0. The molecule has 0 fully saturated rings. The van der Waals surface area contributed by atoms with Gasteiger partial charge in [-0.2, -0.15) is 0 Å². The normalized spacial score (nSPS) is 16.8. The maximum atomic E-state index is 6.00. The minimum atomic E-state index is 0.0783. The Labute approximate surface area is 73.2 Å². The Morgan fingerprint density at radius 3 is 2.27 bits per heavy atom. The van der Waals surface area contributed by atoms with Gasteiger partial charge in [-0.25, -0.2) is 0 Å². The van der Waals surface area contributed by atoms with E-state index in [1.807, 2.05) is 0 Å². The van der Waals surface area contributed by atoms with Gasteiger partial charge in [-0.05, 0) is 5.92 Å². The fourth-order valence-corrected chi connectivity index (χ4v) is 1.09. The van der Waals surface area contributed by atoms with E-state index < -0.39 is 0 Å². The van der Waals surface area contributed by atoms with E-state index in [9.17, 15) is 0 Å². The molecule has 0 amide bonds. The van der Waals surface area contributed by atoms with Crippen molar-refractivity contribution in [1.82, 2.24) is 0 Å². The van der Waals surface area contributed by atoms with Crippen molar-refractivity contribution in [3.63, 3.8) is 0 Å². The van der Waals surface area contributed by atoms with Gasteiger partial charge in [0.25, 0.3) is 0 Å². The zero-order valence-electron chi connectivity index (χ0n) is 8.48. The molecule has 1 unspecified atom stereocenters. The fourth-order valence-electron chi connectivity index (χ4n) is 1.09. The lowest BCUT2D eigenvalue weighted by Crippen LogP contribution is -2.06. The fraction of sp³-hybridized carbons (Fsp3) is 1.00. The third-order valence-electron chi connectivity index (χ3n) is 2.34. The zero-order chi connectivity index (χ0) is 8.91. The summed E-state index contributed by atoms with van der Waals surface area (Å²) in [5.74, 6) is 0.822. The van der Waals surface area contributed by atoms with Crippen molar-refractivity contribution in [3.05, 3.63) is 0 Å². The van der Waals surface area contributed by atoms with E-state index in [-0.39, 0.29) is 5.31 Å². The van der Waals surface area contributed by atoms with Crippen molar-refractivity contribution >= 4 is 7.85 Å². The summed E-state index contributed by atoms with van der Waals surface area (Å²) >= 11 is 0. The third kappa shape index (κ3) is 6.46. The molecule has 0 saturated carbocycles. The summed E-state index contributed by atoms with van der Waals surface area (Å²) in [6.45, 7) is 8.84. The first-order valence-electron chi connectivity index (χ1n) is 4.77. The molecule has 0 bridgehead atoms. The van der Waals surface area contributed by atoms with Crippen LogP contribution >= 0.6 is 0 Å². The monoisotopic (exact) mass is 152 g/mol. The highest BCUT2D eigenvalue weighted by Crippen LogP contribution is 2.31. The highest BCUT2D eigenvalue weighted by atomic mass is 14.1. The molecule has 0 aromatic heterocycles. The molecule has 1 atom stereocenters. The van der Waals surface area contributed by atoms with Crippen LogP contribution in [0.3, 0.4) is 0 Å². The average molecular weight is 152 g/mol. The van der Waals surface area contributed by atoms with E-state index in [1.165, 1.54) is 19.3 Å². The lowest BCUT2D eigenvalue weighted by molar-refractivity contribution is 0.464. The van der Waals surface area contributed by atoms with Crippen LogP contribution in [0, 0.1) is 5.92 Å². The Balaban J connectivity index is 3.38. The summed E-state index contributed by atoms with van der Waals surface area (Å²) in [5, 5.41) is 0.0783. The van der Waals surface area contributed by atoms with Crippen LogP contribution in [-0.2, 0) is 0 Å². The molecule has 64 valence electrons. The van der Waals surface area contributed by atoms with Gasteiger partial charge >= 0.3 is 0 Å². The van der Waals surface area contributed by atoms with Gasteiger partial charge < -0.3 is 0 Å². The van der Waals surface area contributed by atoms with Gasteiger partial charge in [0.15, 0.2) is 0 Å². The van der Waals surface area contributed by atoms with E-state index >= 15 is 0 Å². The standard InChI is InChI=1S/C10H21B/c1-5-10(4,11)8-6-7-9(2)3/h9H,5-8H2,1-4H3. The van der Waals surface area contributed by atoms with Crippen molar-refractivity contribution in [2.75, 3.05) is 0 Å². The van der Waals surface area contributed by atoms with Gasteiger partial charge in [0.2, 0.25) is 0 Å². The summed E-state index contributed by atoms with van der Waals surface area (Å²) in [4.78, 5) is 0. The zero-order valence-corrected chi connectivity index (χ0v) is 8.48. The van der Waals surface area contributed by atoms with Crippen molar-refractivity contribution in [2.45, 2.75) is 58.7 Å². The molecule has 2 radical (unpaired) electrons. The lowest BCUT2D eigenvalue weighted by Gasteiger charge is -2.23. The molecule has 1 heteroatoms. The van der Waals surface area contributed by atoms with Gasteiger partial charge in [0, 0.05) is 0 Å². The molecule has 0 aliphatic heterocycles. The van der Waals surface area contributed by atoms with E-state index in [2.05, 4.69) is 27.7 Å². The van der Waals surface area contributed by atoms with Gasteiger partial charge in [0.1, 0.15) is 0 Å². The second kappa shape index (κ2) is 4.85. The Bertz CT molecular complexity index is 95.0. The first-order chi connectivity index (χ1) is 4.98. The van der Waals surface area contributed by atoms with Gasteiger partial charge in [-0.3, -0.25) is 0 Å². The van der Waals surface area contributed by atoms with Crippen LogP contribution in [0.2, 0.25) is 5.31 Å². The van der Waals surface area contributed by atoms with Gasteiger partial charge in [0.05, 0.1) is 7.85 Å². The Morgan fingerprint density at radius 2 is 1.91 bits per heavy atom. The van der Waals surface area contributed by atoms with Crippen molar-refractivity contribution in [2.24, 2.45) is 5.92 Å². The molecule has 0 spiro atoms. The molecule has 0 heterocycles. The summed E-state index contributed by atoms with van der Waals surface area (Å²) in [6, 6.07) is 0. The molecule has 0 rings (SSSR count). The summed E-state index contributed by atoms with van der Waals surface area (Å²) in [5.41, 5.74) is 0. The van der Waals surface area contributed by atoms with Gasteiger partial charge in [-0.15, -0.1) is 0 Å². The SMILES string of the molecule is [B]C(C)(CC)CCCC(C)C. The van der Waals surface area contributed by atoms with Crippen molar-refractivity contribution in [3.8, 4) is 0 Å². The second-order valence-corrected chi connectivity index (χ2v) is 4.29. The maximum absolute atomic E-state index is 6.00. The topological polar surface area (TPSA) is 0 Å². The second-order valence-electron chi connectivity index (χ2n) is 4.29. The average Bonchev–Trinajstić information content (AvgIpc) is 1.87. The van der Waals surface area contributed by atoms with E-state index in [1.54, 1.807) is 0 Å². The molecule has 11 heavy (non-hydrogen) atoms. The molecule has 0 aliphatic carbocycles. The summed E-state index contributed by atoms with van der Waals surface area (Å²) < 4.78 is 0. The highest BCUT2D eigenvalue weighted by Gasteiger charge is 2.13. The Kier molecular flexibility index (Phi) is 4.87. The highest BCUT2D eigenvalue weighted by molar-refractivity contribution is 6.14. The molecule has 0 aliphatic rings. The predicted molar refractivity (Wildman–Crippen MR) is 53.1 cm³/mol. The van der Waals surface area contributed by atoms with Crippen LogP contribution in [0.1, 0.15) is 53.4 Å². The van der Waals surface area contributed by atoms with E-state index in [4.69, 9.17) is 7.85 Å². The first-order valence-corrected chi connectivity index (χ1v) is 4.77. The van der Waals surface area contributed by atoms with Crippen LogP contribution < -0.4 is 0 Å². The molecule has 0 nitrogen and oxygen atoms in total. The lowest BCUT2D eigenvalue weighted by atomic mass is 9.65. The molecule has 0 N–H and O–H groups in total. The van der Waals surface area contributed by atoms with Crippen LogP contribution in [-0.4, -0.2) is 7.85 Å². The maximum Gasteiger partial charge on any atom is 0.0742 e. The van der Waals surface area contributed by atoms with E-state index in [0.717, 1.165) is 12.3 Å². The number of hydrogen-bond donors (Lipinski definition) is 0. The van der Waals surface area contributed by atoms with Crippen LogP contribution in [0.4, 0.5) is 0 Å². The Morgan fingerprint density at radius 1 is 1.36 bits per heavy atom. The van der Waals surface area contributed by atoms with Crippen molar-refractivity contribution < 1.29 is 0 Å². The quantitative estimate of drug-likeness (QED) is 0.528. The first kappa shape index (κ1) is 11.1.